The number of para-hydroxylation sites is 2. The van der Waals surface area contributed by atoms with Gasteiger partial charge in [-0.05, 0) is 35.9 Å². The van der Waals surface area contributed by atoms with Crippen LogP contribution < -0.4 is 19.5 Å². The largest absolute Gasteiger partial charge is 0.573 e. The SMILES string of the molecule is O=C(/C=C/c1ccc2c(c1)OCCO2)Nc1ccccc1OC(F)(F)F. The lowest BCUT2D eigenvalue weighted by Crippen LogP contribution is -2.19. The van der Waals surface area contributed by atoms with Crippen molar-refractivity contribution in [3.63, 3.8) is 0 Å². The zero-order valence-corrected chi connectivity index (χ0v) is 13.4. The van der Waals surface area contributed by atoms with Gasteiger partial charge in [0.1, 0.15) is 13.2 Å². The smallest absolute Gasteiger partial charge is 0.486 e. The van der Waals surface area contributed by atoms with E-state index in [-0.39, 0.29) is 5.69 Å². The molecule has 2 aromatic carbocycles. The average Bonchev–Trinajstić information content (AvgIpc) is 2.60. The molecule has 0 saturated carbocycles. The Labute approximate surface area is 147 Å². The summed E-state index contributed by atoms with van der Waals surface area (Å²) in [7, 11) is 0. The number of alkyl halides is 3. The van der Waals surface area contributed by atoms with Gasteiger partial charge in [-0.2, -0.15) is 0 Å². The Kier molecular flexibility index (Phi) is 5.01. The maximum atomic E-state index is 12.4. The predicted octanol–water partition coefficient (Wildman–Crippen LogP) is 4.01. The number of carbonyl (C=O) groups is 1. The number of ether oxygens (including phenoxy) is 3. The number of anilines is 1. The minimum absolute atomic E-state index is 0.0818. The van der Waals surface area contributed by atoms with Crippen molar-refractivity contribution < 1.29 is 32.2 Å². The maximum absolute atomic E-state index is 12.4. The van der Waals surface area contributed by atoms with Gasteiger partial charge in [-0.3, -0.25) is 4.79 Å². The molecule has 1 aliphatic heterocycles. The molecule has 1 amide bonds. The number of carbonyl (C=O) groups excluding carboxylic acids is 1. The lowest BCUT2D eigenvalue weighted by molar-refractivity contribution is -0.274. The first kappa shape index (κ1) is 17.7. The lowest BCUT2D eigenvalue weighted by Gasteiger charge is -2.18. The molecule has 1 N–H and O–H groups in total. The molecule has 1 heterocycles. The van der Waals surface area contributed by atoms with Gasteiger partial charge in [0.15, 0.2) is 17.2 Å². The van der Waals surface area contributed by atoms with E-state index in [2.05, 4.69) is 10.1 Å². The minimum atomic E-state index is -4.85. The Morgan fingerprint density at radius 2 is 1.81 bits per heavy atom. The van der Waals surface area contributed by atoms with Crippen LogP contribution in [-0.4, -0.2) is 25.5 Å². The van der Waals surface area contributed by atoms with Crippen LogP contribution in [-0.2, 0) is 4.79 Å². The number of hydrogen-bond donors (Lipinski definition) is 1. The third-order valence-corrected chi connectivity index (χ3v) is 3.36. The molecule has 5 nitrogen and oxygen atoms in total. The molecule has 0 saturated heterocycles. The highest BCUT2D eigenvalue weighted by Crippen LogP contribution is 2.31. The number of fused-ring (bicyclic) bond motifs is 1. The van der Waals surface area contributed by atoms with Crippen LogP contribution in [0.25, 0.3) is 6.08 Å². The fraction of sp³-hybridized carbons (Fsp3) is 0.167. The molecule has 0 unspecified atom stereocenters. The first-order valence-electron chi connectivity index (χ1n) is 7.64. The highest BCUT2D eigenvalue weighted by molar-refractivity contribution is 6.02. The Morgan fingerprint density at radius 3 is 2.58 bits per heavy atom. The molecule has 26 heavy (non-hydrogen) atoms. The van der Waals surface area contributed by atoms with E-state index in [1.54, 1.807) is 18.2 Å². The van der Waals surface area contributed by atoms with Gasteiger partial charge in [0, 0.05) is 6.08 Å². The number of rotatable bonds is 4. The Hall–Kier alpha value is -3.16. The van der Waals surface area contributed by atoms with E-state index in [4.69, 9.17) is 9.47 Å². The fourth-order valence-electron chi connectivity index (χ4n) is 2.29. The first-order valence-corrected chi connectivity index (χ1v) is 7.64. The topological polar surface area (TPSA) is 56.8 Å². The number of halogens is 3. The normalized spacial score (nSPS) is 13.5. The zero-order chi connectivity index (χ0) is 18.6. The Balaban J connectivity index is 1.69. The van der Waals surface area contributed by atoms with Gasteiger partial charge < -0.3 is 19.5 Å². The predicted molar refractivity (Wildman–Crippen MR) is 88.2 cm³/mol. The van der Waals surface area contributed by atoms with E-state index < -0.39 is 18.0 Å². The van der Waals surface area contributed by atoms with E-state index in [0.29, 0.717) is 30.3 Å². The summed E-state index contributed by atoms with van der Waals surface area (Å²) in [5.41, 5.74) is 0.603. The molecule has 0 spiro atoms. The maximum Gasteiger partial charge on any atom is 0.573 e. The third kappa shape index (κ3) is 4.69. The quantitative estimate of drug-likeness (QED) is 0.832. The van der Waals surface area contributed by atoms with Crippen LogP contribution in [0.2, 0.25) is 0 Å². The molecule has 0 bridgehead atoms. The molecule has 136 valence electrons. The highest BCUT2D eigenvalue weighted by Gasteiger charge is 2.32. The van der Waals surface area contributed by atoms with Crippen LogP contribution in [0.4, 0.5) is 18.9 Å². The molecular weight excluding hydrogens is 351 g/mol. The van der Waals surface area contributed by atoms with Crippen molar-refractivity contribution in [2.75, 3.05) is 18.5 Å². The van der Waals surface area contributed by atoms with Crippen molar-refractivity contribution >= 4 is 17.7 Å². The van der Waals surface area contributed by atoms with Gasteiger partial charge in [0.2, 0.25) is 5.91 Å². The van der Waals surface area contributed by atoms with Crippen LogP contribution in [0.1, 0.15) is 5.56 Å². The fourth-order valence-corrected chi connectivity index (χ4v) is 2.29. The molecule has 0 radical (unpaired) electrons. The summed E-state index contributed by atoms with van der Waals surface area (Å²) in [6.45, 7) is 0.917. The van der Waals surface area contributed by atoms with Gasteiger partial charge >= 0.3 is 6.36 Å². The molecule has 8 heteroatoms. The van der Waals surface area contributed by atoms with E-state index >= 15 is 0 Å². The van der Waals surface area contributed by atoms with Crippen molar-refractivity contribution in [3.05, 3.63) is 54.1 Å². The summed E-state index contributed by atoms with van der Waals surface area (Å²) >= 11 is 0. The summed E-state index contributed by atoms with van der Waals surface area (Å²) in [5, 5.41) is 2.36. The molecule has 0 fully saturated rings. The molecule has 2 aromatic rings. The highest BCUT2D eigenvalue weighted by atomic mass is 19.4. The van der Waals surface area contributed by atoms with Crippen molar-refractivity contribution in [3.8, 4) is 17.2 Å². The number of benzene rings is 2. The molecular formula is C18H14F3NO4. The summed E-state index contributed by atoms with van der Waals surface area (Å²) in [6.07, 6.45) is -2.13. The molecule has 3 rings (SSSR count). The monoisotopic (exact) mass is 365 g/mol. The van der Waals surface area contributed by atoms with Crippen molar-refractivity contribution in [1.29, 1.82) is 0 Å². The molecule has 0 atom stereocenters. The number of nitrogens with one attached hydrogen (secondary N) is 1. The van der Waals surface area contributed by atoms with Crippen LogP contribution in [0, 0.1) is 0 Å². The standard InChI is InChI=1S/C18H14F3NO4/c19-18(20,21)26-14-4-2-1-3-13(14)22-17(23)8-6-12-5-7-15-16(11-12)25-10-9-24-15/h1-8,11H,9-10H2,(H,22,23)/b8-6+. The van der Waals surface area contributed by atoms with Crippen LogP contribution in [0.3, 0.4) is 0 Å². The van der Waals surface area contributed by atoms with E-state index in [9.17, 15) is 18.0 Å². The van der Waals surface area contributed by atoms with Crippen LogP contribution >= 0.6 is 0 Å². The minimum Gasteiger partial charge on any atom is -0.486 e. The van der Waals surface area contributed by atoms with Gasteiger partial charge in [0.25, 0.3) is 0 Å². The summed E-state index contributed by atoms with van der Waals surface area (Å²) in [4.78, 5) is 12.0. The van der Waals surface area contributed by atoms with Crippen molar-refractivity contribution in [2.45, 2.75) is 6.36 Å². The summed E-state index contributed by atoms with van der Waals surface area (Å²) in [6, 6.07) is 10.5. The van der Waals surface area contributed by atoms with E-state index in [1.165, 1.54) is 30.4 Å². The van der Waals surface area contributed by atoms with Gasteiger partial charge in [-0.15, -0.1) is 13.2 Å². The summed E-state index contributed by atoms with van der Waals surface area (Å²) < 4.78 is 51.9. The third-order valence-electron chi connectivity index (χ3n) is 3.36. The number of hydrogen-bond acceptors (Lipinski definition) is 4. The van der Waals surface area contributed by atoms with E-state index in [0.717, 1.165) is 6.07 Å². The van der Waals surface area contributed by atoms with Crippen molar-refractivity contribution in [1.82, 2.24) is 0 Å². The van der Waals surface area contributed by atoms with Gasteiger partial charge in [0.05, 0.1) is 5.69 Å². The molecule has 0 aliphatic carbocycles. The second-order valence-electron chi connectivity index (χ2n) is 5.27. The van der Waals surface area contributed by atoms with Gasteiger partial charge in [-0.25, -0.2) is 0 Å². The van der Waals surface area contributed by atoms with Gasteiger partial charge in [-0.1, -0.05) is 18.2 Å². The second kappa shape index (κ2) is 7.38. The molecule has 0 aromatic heterocycles. The van der Waals surface area contributed by atoms with Crippen LogP contribution in [0.15, 0.2) is 48.5 Å². The second-order valence-corrected chi connectivity index (χ2v) is 5.27. The molecule has 1 aliphatic rings. The Bertz CT molecular complexity index is 833. The Morgan fingerprint density at radius 1 is 1.08 bits per heavy atom. The lowest BCUT2D eigenvalue weighted by atomic mass is 10.2. The van der Waals surface area contributed by atoms with Crippen molar-refractivity contribution in [2.24, 2.45) is 0 Å². The average molecular weight is 365 g/mol. The van der Waals surface area contributed by atoms with Crippen LogP contribution in [0.5, 0.6) is 17.2 Å². The summed E-state index contributed by atoms with van der Waals surface area (Å²) in [5.74, 6) is 0.109. The zero-order valence-electron chi connectivity index (χ0n) is 13.4. The first-order chi connectivity index (χ1) is 12.4. The van der Waals surface area contributed by atoms with E-state index in [1.807, 2.05) is 0 Å². The number of amides is 1.